The van der Waals surface area contributed by atoms with Crippen LogP contribution in [0, 0.1) is 12.7 Å². The Morgan fingerprint density at radius 2 is 2.05 bits per heavy atom. The molecule has 0 aliphatic rings. The van der Waals surface area contributed by atoms with E-state index >= 15 is 0 Å². The third-order valence-corrected chi connectivity index (χ3v) is 3.19. The quantitative estimate of drug-likeness (QED) is 0.624. The summed E-state index contributed by atoms with van der Waals surface area (Å²) in [7, 11) is 1.32. The number of methoxy groups -OCH3 is 1. The molecule has 0 N–H and O–H groups in total. The summed E-state index contributed by atoms with van der Waals surface area (Å²) in [6.07, 6.45) is 1.16. The second kappa shape index (κ2) is 5.48. The van der Waals surface area contributed by atoms with Gasteiger partial charge >= 0.3 is 5.97 Å². The number of carbonyl (C=O) groups is 1. The Labute approximate surface area is 118 Å². The van der Waals surface area contributed by atoms with Crippen molar-refractivity contribution in [3.63, 3.8) is 0 Å². The van der Waals surface area contributed by atoms with Crippen LogP contribution in [0.4, 0.5) is 4.39 Å². The number of pyridine rings is 1. The number of aromatic nitrogens is 1. The highest BCUT2D eigenvalue weighted by Gasteiger charge is 2.12. The molecule has 0 aliphatic carbocycles. The normalized spacial score (nSPS) is 10.3. The van der Waals surface area contributed by atoms with E-state index in [0.717, 1.165) is 11.8 Å². The predicted molar refractivity (Wildman–Crippen MR) is 73.4 cm³/mol. The van der Waals surface area contributed by atoms with E-state index in [2.05, 4.69) is 25.7 Å². The molecule has 0 saturated heterocycles. The third kappa shape index (κ3) is 2.81. The zero-order chi connectivity index (χ0) is 14.0. The van der Waals surface area contributed by atoms with E-state index in [1.165, 1.54) is 7.11 Å². The topological polar surface area (TPSA) is 39.2 Å². The van der Waals surface area contributed by atoms with Crippen molar-refractivity contribution in [1.82, 2.24) is 4.98 Å². The molecule has 0 aliphatic heterocycles. The number of benzene rings is 1. The van der Waals surface area contributed by atoms with Crippen LogP contribution < -0.4 is 0 Å². The lowest BCUT2D eigenvalue weighted by molar-refractivity contribution is 0.0600. The molecule has 1 aromatic heterocycles. The molecule has 0 saturated carbocycles. The largest absolute Gasteiger partial charge is 0.465 e. The van der Waals surface area contributed by atoms with Gasteiger partial charge in [-0.25, -0.2) is 14.2 Å². The molecule has 0 amide bonds. The molecule has 2 rings (SSSR count). The zero-order valence-electron chi connectivity index (χ0n) is 10.4. The van der Waals surface area contributed by atoms with E-state index in [1.54, 1.807) is 24.3 Å². The Hall–Kier alpha value is -1.75. The fraction of sp³-hybridized carbons (Fsp3) is 0.143. The van der Waals surface area contributed by atoms with Crippen molar-refractivity contribution in [3.05, 3.63) is 52.0 Å². The minimum atomic E-state index is -0.411. The van der Waals surface area contributed by atoms with Gasteiger partial charge in [-0.3, -0.25) is 0 Å². The van der Waals surface area contributed by atoms with Gasteiger partial charge in [-0.15, -0.1) is 0 Å². The average Bonchev–Trinajstić information content (AvgIpc) is 2.41. The average molecular weight is 324 g/mol. The number of hydrogen-bond donors (Lipinski definition) is 0. The van der Waals surface area contributed by atoms with Crippen molar-refractivity contribution >= 4 is 21.9 Å². The maximum Gasteiger partial charge on any atom is 0.337 e. The molecule has 5 heteroatoms. The number of carbonyl (C=O) groups excluding carboxylic acids is 1. The fourth-order valence-electron chi connectivity index (χ4n) is 1.83. The smallest absolute Gasteiger partial charge is 0.337 e. The summed E-state index contributed by atoms with van der Waals surface area (Å²) in [5.74, 6) is -0.817. The number of halogens is 2. The van der Waals surface area contributed by atoms with Crippen molar-refractivity contribution in [2.24, 2.45) is 0 Å². The Bertz CT molecular complexity index is 643. The van der Waals surface area contributed by atoms with E-state index in [-0.39, 0.29) is 0 Å². The summed E-state index contributed by atoms with van der Waals surface area (Å²) in [6, 6.07) is 6.60. The molecule has 3 nitrogen and oxygen atoms in total. The van der Waals surface area contributed by atoms with Crippen LogP contribution in [-0.4, -0.2) is 18.1 Å². The van der Waals surface area contributed by atoms with Crippen LogP contribution in [0.25, 0.3) is 11.1 Å². The molecule has 0 unspecified atom stereocenters. The van der Waals surface area contributed by atoms with Crippen LogP contribution in [0.3, 0.4) is 0 Å². The van der Waals surface area contributed by atoms with Crippen LogP contribution >= 0.6 is 15.9 Å². The molecule has 0 fully saturated rings. The first kappa shape index (κ1) is 13.7. The highest BCUT2D eigenvalue weighted by molar-refractivity contribution is 9.10. The Morgan fingerprint density at radius 1 is 1.32 bits per heavy atom. The zero-order valence-corrected chi connectivity index (χ0v) is 12.0. The first-order valence-electron chi connectivity index (χ1n) is 5.53. The van der Waals surface area contributed by atoms with Crippen molar-refractivity contribution < 1.29 is 13.9 Å². The molecule has 0 radical (unpaired) electrons. The van der Waals surface area contributed by atoms with Crippen molar-refractivity contribution in [3.8, 4) is 11.1 Å². The number of nitrogens with zero attached hydrogens (tertiary/aromatic N) is 1. The lowest BCUT2D eigenvalue weighted by Gasteiger charge is -2.09. The van der Waals surface area contributed by atoms with Gasteiger partial charge in [0.2, 0.25) is 0 Å². The Balaban J connectivity index is 2.52. The van der Waals surface area contributed by atoms with Crippen molar-refractivity contribution in [2.75, 3.05) is 7.11 Å². The van der Waals surface area contributed by atoms with Gasteiger partial charge in [0.25, 0.3) is 0 Å². The Kier molecular flexibility index (Phi) is 3.95. The highest BCUT2D eigenvalue weighted by Crippen LogP contribution is 2.28. The molecule has 1 aromatic carbocycles. The lowest BCUT2D eigenvalue weighted by atomic mass is 9.99. The number of ether oxygens (including phenoxy) is 1. The molecule has 0 atom stereocenters. The van der Waals surface area contributed by atoms with Crippen LogP contribution in [-0.2, 0) is 4.74 Å². The summed E-state index contributed by atoms with van der Waals surface area (Å²) in [5.41, 5.74) is 2.39. The van der Waals surface area contributed by atoms with Gasteiger partial charge in [-0.2, -0.15) is 0 Å². The molecule has 0 spiro atoms. The van der Waals surface area contributed by atoms with Crippen LogP contribution in [0.1, 0.15) is 15.9 Å². The van der Waals surface area contributed by atoms with E-state index in [4.69, 9.17) is 0 Å². The second-order valence-corrected chi connectivity index (χ2v) is 4.82. The van der Waals surface area contributed by atoms with E-state index < -0.39 is 11.8 Å². The van der Waals surface area contributed by atoms with Gasteiger partial charge in [-0.05, 0) is 52.2 Å². The number of hydrogen-bond acceptors (Lipinski definition) is 3. The molecule has 1 heterocycles. The summed E-state index contributed by atoms with van der Waals surface area (Å²) >= 11 is 3.22. The van der Waals surface area contributed by atoms with Crippen LogP contribution in [0.2, 0.25) is 0 Å². The van der Waals surface area contributed by atoms with Gasteiger partial charge in [0.15, 0.2) is 0 Å². The molecule has 0 bridgehead atoms. The van der Waals surface area contributed by atoms with E-state index in [0.29, 0.717) is 21.3 Å². The van der Waals surface area contributed by atoms with Crippen LogP contribution in [0.5, 0.6) is 0 Å². The standard InChI is InChI=1S/C14H11BrFNO2/c1-8-5-9(14(18)19-2)3-4-10(8)11-6-13(15)17-7-12(11)16/h3-7H,1-2H3. The first-order valence-corrected chi connectivity index (χ1v) is 6.32. The van der Waals surface area contributed by atoms with E-state index in [9.17, 15) is 9.18 Å². The monoisotopic (exact) mass is 323 g/mol. The lowest BCUT2D eigenvalue weighted by Crippen LogP contribution is -2.02. The number of aryl methyl sites for hydroxylation is 1. The van der Waals surface area contributed by atoms with Crippen molar-refractivity contribution in [1.29, 1.82) is 0 Å². The fourth-order valence-corrected chi connectivity index (χ4v) is 2.16. The van der Waals surface area contributed by atoms with Gasteiger partial charge in [0, 0.05) is 5.56 Å². The summed E-state index contributed by atoms with van der Waals surface area (Å²) in [5, 5.41) is 0. The third-order valence-electron chi connectivity index (χ3n) is 2.76. The maximum atomic E-state index is 13.8. The van der Waals surface area contributed by atoms with E-state index in [1.807, 2.05) is 6.92 Å². The number of rotatable bonds is 2. The van der Waals surface area contributed by atoms with Gasteiger partial charge in [0.1, 0.15) is 10.4 Å². The van der Waals surface area contributed by atoms with Gasteiger partial charge in [-0.1, -0.05) is 6.07 Å². The highest BCUT2D eigenvalue weighted by atomic mass is 79.9. The second-order valence-electron chi connectivity index (χ2n) is 4.01. The maximum absolute atomic E-state index is 13.8. The van der Waals surface area contributed by atoms with Gasteiger partial charge < -0.3 is 4.74 Å². The summed E-state index contributed by atoms with van der Waals surface area (Å²) in [4.78, 5) is 15.2. The summed E-state index contributed by atoms with van der Waals surface area (Å²) < 4.78 is 19.0. The molecular formula is C14H11BrFNO2. The minimum absolute atomic E-state index is 0.405. The van der Waals surface area contributed by atoms with Gasteiger partial charge in [0.05, 0.1) is 18.9 Å². The molecule has 98 valence electrons. The first-order chi connectivity index (χ1) is 9.02. The van der Waals surface area contributed by atoms with Crippen LogP contribution in [0.15, 0.2) is 35.1 Å². The summed E-state index contributed by atoms with van der Waals surface area (Å²) in [6.45, 7) is 1.82. The number of esters is 1. The minimum Gasteiger partial charge on any atom is -0.465 e. The molecule has 19 heavy (non-hydrogen) atoms. The molecule has 2 aromatic rings. The molecular weight excluding hydrogens is 313 g/mol. The Morgan fingerprint density at radius 3 is 2.68 bits per heavy atom. The predicted octanol–water partition coefficient (Wildman–Crippen LogP) is 3.75. The van der Waals surface area contributed by atoms with Crippen molar-refractivity contribution in [2.45, 2.75) is 6.92 Å². The SMILES string of the molecule is COC(=O)c1ccc(-c2cc(Br)ncc2F)c(C)c1.